The zero-order valence-electron chi connectivity index (χ0n) is 11.2. The number of anilines is 2. The summed E-state index contributed by atoms with van der Waals surface area (Å²) in [4.78, 5) is 22.3. The number of carbonyl (C=O) groups is 1. The van der Waals surface area contributed by atoms with E-state index in [-0.39, 0.29) is 18.2 Å². The average molecular weight is 301 g/mol. The number of rotatable bonds is 3. The Morgan fingerprint density at radius 1 is 1.09 bits per heavy atom. The Hall–Kier alpha value is -3.29. The lowest BCUT2D eigenvalue weighted by molar-refractivity contribution is -0.383. The van der Waals surface area contributed by atoms with Crippen LogP contribution in [-0.2, 0) is 0 Å². The number of amides is 2. The normalized spacial score (nSPS) is 11.8. The molecule has 2 N–H and O–H groups in total. The Balaban J connectivity index is 1.72. The third-order valence-corrected chi connectivity index (χ3v) is 2.98. The Labute approximate surface area is 124 Å². The molecule has 0 aliphatic carbocycles. The molecule has 2 aromatic rings. The van der Waals surface area contributed by atoms with Crippen LogP contribution in [0.15, 0.2) is 42.5 Å². The highest BCUT2D eigenvalue weighted by molar-refractivity contribution is 6.01. The fourth-order valence-electron chi connectivity index (χ4n) is 2.00. The van der Waals surface area contributed by atoms with E-state index in [2.05, 4.69) is 10.6 Å². The van der Waals surface area contributed by atoms with Crippen molar-refractivity contribution in [2.45, 2.75) is 0 Å². The topological polar surface area (TPSA) is 103 Å². The smallest absolute Gasteiger partial charge is 0.323 e. The van der Waals surface area contributed by atoms with E-state index in [1.54, 1.807) is 24.3 Å². The third kappa shape index (κ3) is 2.75. The van der Waals surface area contributed by atoms with Crippen LogP contribution in [0.25, 0.3) is 0 Å². The zero-order valence-corrected chi connectivity index (χ0v) is 11.2. The summed E-state index contributed by atoms with van der Waals surface area (Å²) in [5.74, 6) is 1.13. The van der Waals surface area contributed by atoms with Crippen molar-refractivity contribution in [3.63, 3.8) is 0 Å². The molecule has 0 bridgehead atoms. The van der Waals surface area contributed by atoms with E-state index in [0.29, 0.717) is 17.2 Å². The molecule has 8 heteroatoms. The van der Waals surface area contributed by atoms with Crippen molar-refractivity contribution in [1.82, 2.24) is 0 Å². The fourth-order valence-corrected chi connectivity index (χ4v) is 2.00. The maximum Gasteiger partial charge on any atom is 0.323 e. The van der Waals surface area contributed by atoms with Gasteiger partial charge in [0, 0.05) is 17.8 Å². The first kappa shape index (κ1) is 13.7. The second-order valence-corrected chi connectivity index (χ2v) is 4.42. The van der Waals surface area contributed by atoms with Gasteiger partial charge in [-0.2, -0.15) is 0 Å². The Bertz CT molecular complexity index is 747. The van der Waals surface area contributed by atoms with Crippen LogP contribution in [0, 0.1) is 10.1 Å². The van der Waals surface area contributed by atoms with Crippen LogP contribution in [0.2, 0.25) is 0 Å². The maximum absolute atomic E-state index is 11.9. The number of hydrogen-bond acceptors (Lipinski definition) is 5. The van der Waals surface area contributed by atoms with E-state index in [4.69, 9.17) is 9.47 Å². The standard InChI is InChI=1S/C14H11N3O5/c18-14(16-10-3-1-2-4-11(10)17(19)20)15-9-5-6-12-13(7-9)22-8-21-12/h1-7H,8H2,(H2,15,16,18). The van der Waals surface area contributed by atoms with Crippen molar-refractivity contribution in [2.75, 3.05) is 17.4 Å². The van der Waals surface area contributed by atoms with Crippen molar-refractivity contribution >= 4 is 23.1 Å². The molecule has 0 fully saturated rings. The van der Waals surface area contributed by atoms with Gasteiger partial charge in [-0.15, -0.1) is 0 Å². The van der Waals surface area contributed by atoms with Crippen molar-refractivity contribution in [3.8, 4) is 11.5 Å². The van der Waals surface area contributed by atoms with E-state index in [1.165, 1.54) is 18.2 Å². The lowest BCUT2D eigenvalue weighted by Gasteiger charge is -2.08. The summed E-state index contributed by atoms with van der Waals surface area (Å²) >= 11 is 0. The van der Waals surface area contributed by atoms with E-state index in [0.717, 1.165) is 0 Å². The van der Waals surface area contributed by atoms with Crippen molar-refractivity contribution in [1.29, 1.82) is 0 Å². The molecule has 1 aliphatic rings. The molecule has 0 unspecified atom stereocenters. The molecule has 0 spiro atoms. The highest BCUT2D eigenvalue weighted by Crippen LogP contribution is 2.34. The summed E-state index contributed by atoms with van der Waals surface area (Å²) in [6.45, 7) is 0.140. The van der Waals surface area contributed by atoms with Crippen LogP contribution in [0.1, 0.15) is 0 Å². The van der Waals surface area contributed by atoms with Gasteiger partial charge in [-0.1, -0.05) is 12.1 Å². The number of fused-ring (bicyclic) bond motifs is 1. The maximum atomic E-state index is 11.9. The van der Waals surface area contributed by atoms with Gasteiger partial charge in [0.2, 0.25) is 6.79 Å². The monoisotopic (exact) mass is 301 g/mol. The number of benzene rings is 2. The Kier molecular flexibility index (Phi) is 3.48. The number of hydrogen-bond donors (Lipinski definition) is 2. The fraction of sp³-hybridized carbons (Fsp3) is 0.0714. The van der Waals surface area contributed by atoms with Crippen LogP contribution >= 0.6 is 0 Å². The molecule has 0 atom stereocenters. The lowest BCUT2D eigenvalue weighted by atomic mass is 10.2. The molecule has 22 heavy (non-hydrogen) atoms. The molecule has 8 nitrogen and oxygen atoms in total. The number of nitrogens with zero attached hydrogens (tertiary/aromatic N) is 1. The first-order chi connectivity index (χ1) is 10.6. The first-order valence-electron chi connectivity index (χ1n) is 6.34. The van der Waals surface area contributed by atoms with Gasteiger partial charge in [0.05, 0.1) is 4.92 Å². The van der Waals surface area contributed by atoms with Gasteiger partial charge in [-0.3, -0.25) is 10.1 Å². The van der Waals surface area contributed by atoms with Gasteiger partial charge in [-0.25, -0.2) is 4.79 Å². The molecule has 112 valence electrons. The Morgan fingerprint density at radius 2 is 1.86 bits per heavy atom. The zero-order chi connectivity index (χ0) is 15.5. The summed E-state index contributed by atoms with van der Waals surface area (Å²) in [7, 11) is 0. The van der Waals surface area contributed by atoms with Gasteiger partial charge < -0.3 is 20.1 Å². The van der Waals surface area contributed by atoms with Crippen molar-refractivity contribution in [2.24, 2.45) is 0 Å². The molecular weight excluding hydrogens is 290 g/mol. The summed E-state index contributed by atoms with van der Waals surface area (Å²) in [6.07, 6.45) is 0. The highest BCUT2D eigenvalue weighted by atomic mass is 16.7. The van der Waals surface area contributed by atoms with Gasteiger partial charge in [0.1, 0.15) is 5.69 Å². The third-order valence-electron chi connectivity index (χ3n) is 2.98. The van der Waals surface area contributed by atoms with Crippen molar-refractivity contribution < 1.29 is 19.2 Å². The summed E-state index contributed by atoms with van der Waals surface area (Å²) in [6, 6.07) is 10.2. The van der Waals surface area contributed by atoms with E-state index < -0.39 is 11.0 Å². The predicted octanol–water partition coefficient (Wildman–Crippen LogP) is 2.97. The molecule has 0 aromatic heterocycles. The number of nitro benzene ring substituents is 1. The second kappa shape index (κ2) is 5.60. The van der Waals surface area contributed by atoms with Gasteiger partial charge in [0.15, 0.2) is 11.5 Å². The SMILES string of the molecule is O=C(Nc1ccc2c(c1)OCO2)Nc1ccccc1[N+](=O)[O-]. The van der Waals surface area contributed by atoms with Crippen LogP contribution < -0.4 is 20.1 Å². The molecule has 2 amide bonds. The first-order valence-corrected chi connectivity index (χ1v) is 6.34. The molecule has 3 rings (SSSR count). The van der Waals surface area contributed by atoms with Gasteiger partial charge in [-0.05, 0) is 18.2 Å². The second-order valence-electron chi connectivity index (χ2n) is 4.42. The molecule has 2 aromatic carbocycles. The largest absolute Gasteiger partial charge is 0.454 e. The number of para-hydroxylation sites is 2. The molecule has 1 heterocycles. The molecule has 0 radical (unpaired) electrons. The van der Waals surface area contributed by atoms with Crippen LogP contribution in [0.3, 0.4) is 0 Å². The molecule has 1 aliphatic heterocycles. The quantitative estimate of drug-likeness (QED) is 0.670. The van der Waals surface area contributed by atoms with Crippen LogP contribution in [-0.4, -0.2) is 17.7 Å². The predicted molar refractivity (Wildman–Crippen MR) is 78.3 cm³/mol. The van der Waals surface area contributed by atoms with Crippen LogP contribution in [0.4, 0.5) is 21.9 Å². The van der Waals surface area contributed by atoms with Gasteiger partial charge >= 0.3 is 6.03 Å². The minimum Gasteiger partial charge on any atom is -0.454 e. The summed E-state index contributed by atoms with van der Waals surface area (Å²) < 4.78 is 10.4. The summed E-state index contributed by atoms with van der Waals surface area (Å²) in [5.41, 5.74) is 0.425. The highest BCUT2D eigenvalue weighted by Gasteiger charge is 2.16. The lowest BCUT2D eigenvalue weighted by Crippen LogP contribution is -2.20. The number of nitrogens with one attached hydrogen (secondary N) is 2. The van der Waals surface area contributed by atoms with Crippen LogP contribution in [0.5, 0.6) is 11.5 Å². The number of urea groups is 1. The van der Waals surface area contributed by atoms with E-state index >= 15 is 0 Å². The number of ether oxygens (including phenoxy) is 2. The average Bonchev–Trinajstić information content (AvgIpc) is 2.95. The van der Waals surface area contributed by atoms with E-state index in [9.17, 15) is 14.9 Å². The molecule has 0 saturated heterocycles. The summed E-state index contributed by atoms with van der Waals surface area (Å²) in [5, 5.41) is 15.9. The minimum atomic E-state index is -0.590. The minimum absolute atomic E-state index is 0.116. The van der Waals surface area contributed by atoms with E-state index in [1.807, 2.05) is 0 Å². The van der Waals surface area contributed by atoms with Crippen molar-refractivity contribution in [3.05, 3.63) is 52.6 Å². The molecular formula is C14H11N3O5. The van der Waals surface area contributed by atoms with Gasteiger partial charge in [0.25, 0.3) is 5.69 Å². The Morgan fingerprint density at radius 3 is 2.68 bits per heavy atom. The number of nitro groups is 1. The molecule has 0 saturated carbocycles. The number of carbonyl (C=O) groups excluding carboxylic acids is 1.